The van der Waals surface area contributed by atoms with Crippen LogP contribution in [0.1, 0.15) is 61.0 Å². The maximum absolute atomic E-state index is 12.4. The molecule has 0 bridgehead atoms. The second-order valence-corrected chi connectivity index (χ2v) is 8.07. The van der Waals surface area contributed by atoms with Crippen LogP contribution >= 0.6 is 0 Å². The quantitative estimate of drug-likeness (QED) is 0.167. The topological polar surface area (TPSA) is 69.2 Å². The van der Waals surface area contributed by atoms with Crippen molar-refractivity contribution in [3.05, 3.63) is 89.5 Å². The number of rotatable bonds is 14. The Hall–Kier alpha value is -3.80. The van der Waals surface area contributed by atoms with E-state index in [0.717, 1.165) is 41.4 Å². The van der Waals surface area contributed by atoms with E-state index in [1.807, 2.05) is 67.6 Å². The van der Waals surface area contributed by atoms with Crippen LogP contribution in [-0.4, -0.2) is 25.3 Å². The molecule has 184 valence electrons. The molecule has 1 amide bonds. The van der Waals surface area contributed by atoms with Crippen molar-refractivity contribution in [2.24, 2.45) is 5.10 Å². The van der Waals surface area contributed by atoms with E-state index in [9.17, 15) is 4.79 Å². The zero-order valence-corrected chi connectivity index (χ0v) is 20.5. The lowest BCUT2D eigenvalue weighted by molar-refractivity contribution is 0.0955. The van der Waals surface area contributed by atoms with Gasteiger partial charge in [0, 0.05) is 5.56 Å². The summed E-state index contributed by atoms with van der Waals surface area (Å²) in [6.45, 7) is 5.92. The van der Waals surface area contributed by atoms with Gasteiger partial charge >= 0.3 is 0 Å². The Morgan fingerprint density at radius 2 is 1.40 bits per heavy atom. The number of hydrogen-bond acceptors (Lipinski definition) is 5. The van der Waals surface area contributed by atoms with E-state index in [4.69, 9.17) is 14.2 Å². The molecule has 3 aromatic rings. The van der Waals surface area contributed by atoms with Crippen LogP contribution in [0.5, 0.6) is 17.2 Å². The Bertz CT molecular complexity index is 1050. The Morgan fingerprint density at radius 1 is 0.771 bits per heavy atom. The number of nitrogens with one attached hydrogen (secondary N) is 1. The molecule has 0 saturated carbocycles. The van der Waals surface area contributed by atoms with Gasteiger partial charge in [0.2, 0.25) is 0 Å². The number of ether oxygens (including phenoxy) is 3. The van der Waals surface area contributed by atoms with Crippen LogP contribution in [0.3, 0.4) is 0 Å². The Morgan fingerprint density at radius 3 is 2.06 bits per heavy atom. The third-order valence-electron chi connectivity index (χ3n) is 5.28. The molecule has 0 spiro atoms. The minimum atomic E-state index is -0.271. The maximum atomic E-state index is 12.4. The number of hydrogen-bond donors (Lipinski definition) is 1. The number of carbonyl (C=O) groups is 1. The molecule has 0 fully saturated rings. The highest BCUT2D eigenvalue weighted by Gasteiger charge is 2.05. The Kier molecular flexibility index (Phi) is 10.7. The third-order valence-corrected chi connectivity index (χ3v) is 5.28. The van der Waals surface area contributed by atoms with E-state index in [2.05, 4.69) is 17.5 Å². The summed E-state index contributed by atoms with van der Waals surface area (Å²) in [5, 5.41) is 4.06. The molecule has 6 heteroatoms. The summed E-state index contributed by atoms with van der Waals surface area (Å²) < 4.78 is 17.0. The SMILES string of the molecule is CCCCCCOc1ccc(C=NNC(=O)c2ccc(COc3ccc(OCC)cc3)cc2)cc1. The summed E-state index contributed by atoms with van der Waals surface area (Å²) in [7, 11) is 0. The Balaban J connectivity index is 1.41. The lowest BCUT2D eigenvalue weighted by Gasteiger charge is -2.08. The second kappa shape index (κ2) is 14.5. The van der Waals surface area contributed by atoms with E-state index in [-0.39, 0.29) is 5.91 Å². The van der Waals surface area contributed by atoms with Gasteiger partial charge in [-0.05, 0) is 85.1 Å². The van der Waals surface area contributed by atoms with Crippen molar-refractivity contribution < 1.29 is 19.0 Å². The maximum Gasteiger partial charge on any atom is 0.271 e. The molecular formula is C29H34N2O4. The summed E-state index contributed by atoms with van der Waals surface area (Å²) in [6.07, 6.45) is 6.34. The number of nitrogens with zero attached hydrogens (tertiary/aromatic N) is 1. The molecule has 0 atom stereocenters. The molecule has 6 nitrogen and oxygen atoms in total. The van der Waals surface area contributed by atoms with Crippen LogP contribution in [0.15, 0.2) is 77.9 Å². The summed E-state index contributed by atoms with van der Waals surface area (Å²) in [4.78, 5) is 12.4. The summed E-state index contributed by atoms with van der Waals surface area (Å²) in [5.41, 5.74) is 4.94. The summed E-state index contributed by atoms with van der Waals surface area (Å²) in [5.74, 6) is 2.15. The van der Waals surface area contributed by atoms with E-state index < -0.39 is 0 Å². The molecule has 0 aliphatic carbocycles. The fourth-order valence-corrected chi connectivity index (χ4v) is 3.32. The van der Waals surface area contributed by atoms with Crippen molar-refractivity contribution in [1.29, 1.82) is 0 Å². The normalized spacial score (nSPS) is 10.8. The van der Waals surface area contributed by atoms with Crippen molar-refractivity contribution in [2.75, 3.05) is 13.2 Å². The largest absolute Gasteiger partial charge is 0.494 e. The van der Waals surface area contributed by atoms with E-state index in [0.29, 0.717) is 18.8 Å². The molecule has 0 unspecified atom stereocenters. The molecule has 0 aliphatic heterocycles. The van der Waals surface area contributed by atoms with Gasteiger partial charge in [0.1, 0.15) is 23.9 Å². The molecule has 3 aromatic carbocycles. The number of amides is 1. The minimum Gasteiger partial charge on any atom is -0.494 e. The molecule has 0 heterocycles. The molecule has 0 saturated heterocycles. The van der Waals surface area contributed by atoms with Crippen molar-refractivity contribution in [1.82, 2.24) is 5.43 Å². The van der Waals surface area contributed by atoms with Crippen molar-refractivity contribution >= 4 is 12.1 Å². The van der Waals surface area contributed by atoms with Gasteiger partial charge in [-0.15, -0.1) is 0 Å². The third kappa shape index (κ3) is 9.16. The number of carbonyl (C=O) groups excluding carboxylic acids is 1. The van der Waals surface area contributed by atoms with Gasteiger partial charge in [0.15, 0.2) is 0 Å². The fourth-order valence-electron chi connectivity index (χ4n) is 3.32. The lowest BCUT2D eigenvalue weighted by atomic mass is 10.1. The van der Waals surface area contributed by atoms with Crippen LogP contribution in [0.2, 0.25) is 0 Å². The summed E-state index contributed by atoms with van der Waals surface area (Å²) in [6, 6.07) is 22.4. The van der Waals surface area contributed by atoms with Gasteiger partial charge in [-0.1, -0.05) is 38.3 Å². The van der Waals surface area contributed by atoms with Crippen LogP contribution in [0.4, 0.5) is 0 Å². The van der Waals surface area contributed by atoms with Gasteiger partial charge in [-0.3, -0.25) is 4.79 Å². The molecule has 0 radical (unpaired) electrons. The monoisotopic (exact) mass is 474 g/mol. The molecule has 3 rings (SSSR count). The first-order valence-electron chi connectivity index (χ1n) is 12.2. The zero-order valence-electron chi connectivity index (χ0n) is 20.5. The predicted octanol–water partition coefficient (Wildman–Crippen LogP) is 6.39. The van der Waals surface area contributed by atoms with Gasteiger partial charge < -0.3 is 14.2 Å². The van der Waals surface area contributed by atoms with Gasteiger partial charge in [-0.2, -0.15) is 5.10 Å². The molecule has 0 aromatic heterocycles. The smallest absolute Gasteiger partial charge is 0.271 e. The molecule has 35 heavy (non-hydrogen) atoms. The van der Waals surface area contributed by atoms with E-state index >= 15 is 0 Å². The molecule has 0 aliphatic rings. The number of hydrazone groups is 1. The predicted molar refractivity (Wildman–Crippen MR) is 140 cm³/mol. The summed E-state index contributed by atoms with van der Waals surface area (Å²) >= 11 is 0. The van der Waals surface area contributed by atoms with Gasteiger partial charge in [0.25, 0.3) is 5.91 Å². The lowest BCUT2D eigenvalue weighted by Crippen LogP contribution is -2.17. The van der Waals surface area contributed by atoms with Crippen LogP contribution in [0, 0.1) is 0 Å². The first kappa shape index (κ1) is 25.8. The van der Waals surface area contributed by atoms with Crippen molar-refractivity contribution in [3.63, 3.8) is 0 Å². The van der Waals surface area contributed by atoms with E-state index in [1.54, 1.807) is 18.3 Å². The van der Waals surface area contributed by atoms with Crippen LogP contribution < -0.4 is 19.6 Å². The Labute approximate surface area is 207 Å². The average molecular weight is 475 g/mol. The number of unbranched alkanes of at least 4 members (excludes halogenated alkanes) is 3. The van der Waals surface area contributed by atoms with Crippen LogP contribution in [0.25, 0.3) is 0 Å². The fraction of sp³-hybridized carbons (Fsp3) is 0.310. The second-order valence-electron chi connectivity index (χ2n) is 8.07. The first-order chi connectivity index (χ1) is 17.2. The van der Waals surface area contributed by atoms with E-state index in [1.165, 1.54) is 19.3 Å². The highest BCUT2D eigenvalue weighted by molar-refractivity contribution is 5.94. The highest BCUT2D eigenvalue weighted by Crippen LogP contribution is 2.19. The van der Waals surface area contributed by atoms with Crippen molar-refractivity contribution in [3.8, 4) is 17.2 Å². The molecule has 1 N–H and O–H groups in total. The van der Waals surface area contributed by atoms with Gasteiger partial charge in [0.05, 0.1) is 19.4 Å². The number of benzene rings is 3. The first-order valence-corrected chi connectivity index (χ1v) is 12.2. The van der Waals surface area contributed by atoms with Crippen LogP contribution in [-0.2, 0) is 6.61 Å². The van der Waals surface area contributed by atoms with Crippen molar-refractivity contribution in [2.45, 2.75) is 46.1 Å². The zero-order chi connectivity index (χ0) is 24.7. The standard InChI is InChI=1S/C29H34N2O4/c1-3-5-6-7-20-34-27-14-10-23(11-15-27)21-30-31-29(32)25-12-8-24(9-13-25)22-35-28-18-16-26(17-19-28)33-4-2/h8-19,21H,3-7,20,22H2,1-2H3,(H,31,32). The highest BCUT2D eigenvalue weighted by atomic mass is 16.5. The average Bonchev–Trinajstić information content (AvgIpc) is 2.89. The molecular weight excluding hydrogens is 440 g/mol. The minimum absolute atomic E-state index is 0.271. The van der Waals surface area contributed by atoms with Gasteiger partial charge in [-0.25, -0.2) is 5.43 Å².